The summed E-state index contributed by atoms with van der Waals surface area (Å²) in [5.74, 6) is -1.48. The van der Waals surface area contributed by atoms with Crippen LogP contribution >= 0.6 is 0 Å². The number of carboxylic acid groups (broad SMARTS) is 1. The molecule has 0 radical (unpaired) electrons. The maximum atomic E-state index is 12.8. The van der Waals surface area contributed by atoms with Crippen LogP contribution in [0, 0.1) is 0 Å². The third-order valence-electron chi connectivity index (χ3n) is 11.5. The van der Waals surface area contributed by atoms with Crippen molar-refractivity contribution >= 4 is 17.9 Å². The minimum absolute atomic E-state index is 0.0543. The van der Waals surface area contributed by atoms with Crippen molar-refractivity contribution in [1.29, 1.82) is 0 Å². The van der Waals surface area contributed by atoms with Gasteiger partial charge in [-0.1, -0.05) is 184 Å². The van der Waals surface area contributed by atoms with Gasteiger partial charge in [-0.2, -0.15) is 0 Å². The molecule has 0 heterocycles. The Labute approximate surface area is 382 Å². The second-order valence-corrected chi connectivity index (χ2v) is 18.4. The maximum absolute atomic E-state index is 12.8. The van der Waals surface area contributed by atoms with Gasteiger partial charge in [-0.3, -0.25) is 9.59 Å². The van der Waals surface area contributed by atoms with E-state index in [2.05, 4.69) is 62.5 Å². The molecule has 0 saturated heterocycles. The Morgan fingerprint density at radius 1 is 0.500 bits per heavy atom. The molecule has 0 aliphatic rings. The SMILES string of the molecule is CC/C=C/C/C=C/C/C=C/CCCCCCCCC(=O)OC(COCCC(C(=O)O)[N+](C)(C)C)COC(=O)CCCCCCCCC/C=C/CCCCCCCCCCCCC. The van der Waals surface area contributed by atoms with Gasteiger partial charge in [0.25, 0.3) is 0 Å². The number of esters is 2. The predicted octanol–water partition coefficient (Wildman–Crippen LogP) is 14.8. The predicted molar refractivity (Wildman–Crippen MR) is 261 cm³/mol. The van der Waals surface area contributed by atoms with Crippen LogP contribution in [0.4, 0.5) is 0 Å². The smallest absolute Gasteiger partial charge is 0.362 e. The standard InChI is InChI=1S/C54H97NO7/c1-6-8-10-12-14-16-18-20-22-24-25-26-27-28-29-31-32-34-36-38-40-42-44-52(56)61-49-50(48-60-47-46-51(54(58)59)55(3,4)5)62-53(57)45-43-41-39-37-35-33-30-23-21-19-17-15-13-11-9-7-2/h9,11,15,17,21,23,27-28,50-51H,6-8,10,12-14,16,18-20,22,24-26,29-49H2,1-5H3/p+1/b11-9+,17-15+,23-21+,28-27+. The molecule has 0 spiro atoms. The van der Waals surface area contributed by atoms with E-state index in [0.29, 0.717) is 19.3 Å². The van der Waals surface area contributed by atoms with Gasteiger partial charge in [-0.25, -0.2) is 4.79 Å². The molecule has 0 aromatic rings. The van der Waals surface area contributed by atoms with Gasteiger partial charge >= 0.3 is 17.9 Å². The maximum Gasteiger partial charge on any atom is 0.362 e. The van der Waals surface area contributed by atoms with Gasteiger partial charge in [-0.15, -0.1) is 0 Å². The Morgan fingerprint density at radius 3 is 1.35 bits per heavy atom. The summed E-state index contributed by atoms with van der Waals surface area (Å²) >= 11 is 0. The highest BCUT2D eigenvalue weighted by Crippen LogP contribution is 2.15. The Morgan fingerprint density at radius 2 is 0.903 bits per heavy atom. The molecule has 8 heteroatoms. The summed E-state index contributed by atoms with van der Waals surface area (Å²) in [5.41, 5.74) is 0. The molecule has 0 fully saturated rings. The van der Waals surface area contributed by atoms with E-state index >= 15 is 0 Å². The number of rotatable bonds is 46. The molecule has 0 rings (SSSR count). The van der Waals surface area contributed by atoms with Gasteiger partial charge in [0.2, 0.25) is 0 Å². The first kappa shape index (κ1) is 59.3. The number of allylic oxidation sites excluding steroid dienone is 8. The molecule has 0 saturated carbocycles. The summed E-state index contributed by atoms with van der Waals surface area (Å²) in [6.07, 6.45) is 54.5. The fraction of sp³-hybridized carbons (Fsp3) is 0.796. The third-order valence-corrected chi connectivity index (χ3v) is 11.5. The number of quaternary nitrogens is 1. The number of carbonyl (C=O) groups excluding carboxylic acids is 2. The van der Waals surface area contributed by atoms with Crippen LogP contribution in [0.25, 0.3) is 0 Å². The molecular formula is C54H98NO7+. The topological polar surface area (TPSA) is 99.1 Å². The van der Waals surface area contributed by atoms with Crippen LogP contribution in [-0.2, 0) is 28.6 Å². The zero-order chi connectivity index (χ0) is 45.6. The lowest BCUT2D eigenvalue weighted by Crippen LogP contribution is -2.50. The van der Waals surface area contributed by atoms with Gasteiger partial charge in [0.15, 0.2) is 12.1 Å². The monoisotopic (exact) mass is 873 g/mol. The molecule has 8 nitrogen and oxygen atoms in total. The largest absolute Gasteiger partial charge is 0.477 e. The van der Waals surface area contributed by atoms with Crippen LogP contribution in [0.2, 0.25) is 0 Å². The molecule has 360 valence electrons. The summed E-state index contributed by atoms with van der Waals surface area (Å²) in [7, 11) is 5.53. The van der Waals surface area contributed by atoms with Crippen LogP contribution in [0.15, 0.2) is 48.6 Å². The Hall–Kier alpha value is -2.71. The van der Waals surface area contributed by atoms with Gasteiger partial charge in [0.05, 0.1) is 34.4 Å². The van der Waals surface area contributed by atoms with E-state index in [9.17, 15) is 19.5 Å². The fourth-order valence-corrected chi connectivity index (χ4v) is 7.51. The second kappa shape index (κ2) is 44.9. The Kier molecular flexibility index (Phi) is 42.9. The van der Waals surface area contributed by atoms with Crippen LogP contribution in [-0.4, -0.2) is 80.6 Å². The molecule has 2 atom stereocenters. The van der Waals surface area contributed by atoms with Crippen molar-refractivity contribution in [3.63, 3.8) is 0 Å². The van der Waals surface area contributed by atoms with Crippen LogP contribution in [0.1, 0.15) is 226 Å². The summed E-state index contributed by atoms with van der Waals surface area (Å²) < 4.78 is 17.3. The van der Waals surface area contributed by atoms with Gasteiger partial charge in [-0.05, 0) is 70.6 Å². The number of likely N-dealkylation sites (N-methyl/N-ethyl adjacent to an activating group) is 1. The van der Waals surface area contributed by atoms with Crippen molar-refractivity contribution < 1.29 is 38.2 Å². The number of hydrogen-bond donors (Lipinski definition) is 1. The molecule has 1 N–H and O–H groups in total. The van der Waals surface area contributed by atoms with Crippen LogP contribution in [0.3, 0.4) is 0 Å². The molecule has 0 aliphatic heterocycles. The number of carbonyl (C=O) groups is 3. The number of carboxylic acids is 1. The minimum Gasteiger partial charge on any atom is -0.477 e. The molecule has 0 aromatic heterocycles. The van der Waals surface area contributed by atoms with E-state index < -0.39 is 18.1 Å². The highest BCUT2D eigenvalue weighted by molar-refractivity contribution is 5.72. The summed E-state index contributed by atoms with van der Waals surface area (Å²) in [4.78, 5) is 37.1. The van der Waals surface area contributed by atoms with Crippen molar-refractivity contribution in [3.8, 4) is 0 Å². The Bertz CT molecular complexity index is 1150. The second-order valence-electron chi connectivity index (χ2n) is 18.4. The van der Waals surface area contributed by atoms with Crippen molar-refractivity contribution in [3.05, 3.63) is 48.6 Å². The number of aliphatic carboxylic acids is 1. The summed E-state index contributed by atoms with van der Waals surface area (Å²) in [5, 5.41) is 9.65. The number of hydrogen-bond acceptors (Lipinski definition) is 6. The van der Waals surface area contributed by atoms with Crippen molar-refractivity contribution in [2.45, 2.75) is 238 Å². The average molecular weight is 873 g/mol. The fourth-order valence-electron chi connectivity index (χ4n) is 7.51. The highest BCUT2D eigenvalue weighted by Gasteiger charge is 2.31. The average Bonchev–Trinajstić information content (AvgIpc) is 3.23. The first-order chi connectivity index (χ1) is 30.1. The lowest BCUT2D eigenvalue weighted by molar-refractivity contribution is -0.887. The molecule has 0 bridgehead atoms. The molecule has 2 unspecified atom stereocenters. The van der Waals surface area contributed by atoms with Crippen molar-refractivity contribution in [1.82, 2.24) is 0 Å². The lowest BCUT2D eigenvalue weighted by atomic mass is 10.0. The quantitative estimate of drug-likeness (QED) is 0.0281. The minimum atomic E-state index is -0.877. The summed E-state index contributed by atoms with van der Waals surface area (Å²) in [6.45, 7) is 4.63. The van der Waals surface area contributed by atoms with Crippen molar-refractivity contribution in [2.24, 2.45) is 0 Å². The third kappa shape index (κ3) is 42.6. The van der Waals surface area contributed by atoms with Gasteiger partial charge in [0, 0.05) is 19.3 Å². The van der Waals surface area contributed by atoms with Crippen molar-refractivity contribution in [2.75, 3.05) is 41.0 Å². The van der Waals surface area contributed by atoms with Crippen LogP contribution < -0.4 is 0 Å². The molecule has 0 amide bonds. The van der Waals surface area contributed by atoms with E-state index in [1.165, 1.54) is 122 Å². The van der Waals surface area contributed by atoms with E-state index in [1.54, 1.807) is 0 Å². The zero-order valence-electron chi connectivity index (χ0n) is 41.1. The number of ether oxygens (including phenoxy) is 3. The number of unbranched alkanes of at least 4 members (excludes halogenated alkanes) is 24. The van der Waals surface area contributed by atoms with E-state index in [-0.39, 0.29) is 36.2 Å². The molecule has 0 aromatic carbocycles. The molecule has 0 aliphatic carbocycles. The first-order valence-corrected chi connectivity index (χ1v) is 25.7. The van der Waals surface area contributed by atoms with Crippen LogP contribution in [0.5, 0.6) is 0 Å². The zero-order valence-corrected chi connectivity index (χ0v) is 41.1. The highest BCUT2D eigenvalue weighted by atomic mass is 16.6. The summed E-state index contributed by atoms with van der Waals surface area (Å²) in [6, 6.07) is -0.619. The number of nitrogens with zero attached hydrogens (tertiary/aromatic N) is 1. The van der Waals surface area contributed by atoms with E-state index in [1.807, 2.05) is 21.1 Å². The van der Waals surface area contributed by atoms with E-state index in [4.69, 9.17) is 14.2 Å². The molecule has 62 heavy (non-hydrogen) atoms. The normalized spacial score (nSPS) is 13.2. The first-order valence-electron chi connectivity index (χ1n) is 25.7. The lowest BCUT2D eigenvalue weighted by Gasteiger charge is -2.31. The molecular weight excluding hydrogens is 775 g/mol. The van der Waals surface area contributed by atoms with Gasteiger partial charge in [0.1, 0.15) is 6.61 Å². The van der Waals surface area contributed by atoms with E-state index in [0.717, 1.165) is 70.6 Å². The Balaban J connectivity index is 4.23. The van der Waals surface area contributed by atoms with Gasteiger partial charge < -0.3 is 23.8 Å².